The molecule has 130 valence electrons. The van der Waals surface area contributed by atoms with Gasteiger partial charge >= 0.3 is 0 Å². The van der Waals surface area contributed by atoms with Gasteiger partial charge in [-0.05, 0) is 48.4 Å². The Morgan fingerprint density at radius 3 is 2.40 bits per heavy atom. The largest absolute Gasteiger partial charge is 0.394 e. The second kappa shape index (κ2) is 6.24. The van der Waals surface area contributed by atoms with Gasteiger partial charge in [0.15, 0.2) is 5.78 Å². The summed E-state index contributed by atoms with van der Waals surface area (Å²) in [5, 5.41) is 14.2. The molecule has 2 aromatic rings. The van der Waals surface area contributed by atoms with Gasteiger partial charge in [-0.25, -0.2) is 0 Å². The van der Waals surface area contributed by atoms with E-state index in [0.29, 0.717) is 18.0 Å². The van der Waals surface area contributed by atoms with Crippen molar-refractivity contribution in [2.24, 2.45) is 0 Å². The minimum absolute atomic E-state index is 0.128. The van der Waals surface area contributed by atoms with Gasteiger partial charge in [-0.15, -0.1) is 0 Å². The smallest absolute Gasteiger partial charge is 0.165 e. The van der Waals surface area contributed by atoms with Crippen molar-refractivity contribution in [2.75, 3.05) is 13.2 Å². The Hall–Kier alpha value is -1.68. The van der Waals surface area contributed by atoms with Crippen LogP contribution in [0.1, 0.15) is 36.3 Å². The molecular weight excluding hydrogens is 334 g/mol. The molecule has 1 aliphatic heterocycles. The topological polar surface area (TPSA) is 49.3 Å². The molecule has 0 amide bonds. The molecule has 0 bridgehead atoms. The van der Waals surface area contributed by atoms with Crippen molar-refractivity contribution in [3.8, 4) is 0 Å². The molecule has 2 fully saturated rings. The van der Waals surface area contributed by atoms with Crippen LogP contribution < -0.4 is 5.32 Å². The van der Waals surface area contributed by atoms with Gasteiger partial charge in [0.05, 0.1) is 12.0 Å². The summed E-state index contributed by atoms with van der Waals surface area (Å²) < 4.78 is 0. The molecule has 1 saturated heterocycles. The highest BCUT2D eigenvalue weighted by molar-refractivity contribution is 6.30. The van der Waals surface area contributed by atoms with Crippen molar-refractivity contribution in [1.29, 1.82) is 0 Å². The van der Waals surface area contributed by atoms with Crippen LogP contribution >= 0.6 is 11.6 Å². The quantitative estimate of drug-likeness (QED) is 0.863. The average molecular weight is 356 g/mol. The van der Waals surface area contributed by atoms with Crippen LogP contribution in [0, 0.1) is 0 Å². The molecule has 4 heteroatoms. The Balaban J connectivity index is 1.61. The third-order valence-corrected chi connectivity index (χ3v) is 6.09. The summed E-state index contributed by atoms with van der Waals surface area (Å²) >= 11 is 5.99. The second-order valence-electron chi connectivity index (χ2n) is 7.35. The van der Waals surface area contributed by atoms with Crippen molar-refractivity contribution < 1.29 is 9.90 Å². The lowest BCUT2D eigenvalue weighted by atomic mass is 9.77. The van der Waals surface area contributed by atoms with E-state index in [9.17, 15) is 9.90 Å². The maximum atomic E-state index is 13.5. The number of carbonyl (C=O) groups excluding carboxylic acids is 1. The summed E-state index contributed by atoms with van der Waals surface area (Å²) in [5.74, 6) is 0.376. The Morgan fingerprint density at radius 2 is 1.80 bits per heavy atom. The number of carbonyl (C=O) groups is 1. The van der Waals surface area contributed by atoms with Crippen molar-refractivity contribution in [3.63, 3.8) is 0 Å². The van der Waals surface area contributed by atoms with Crippen molar-refractivity contribution in [3.05, 3.63) is 70.7 Å². The zero-order valence-corrected chi connectivity index (χ0v) is 14.8. The minimum Gasteiger partial charge on any atom is -0.394 e. The predicted molar refractivity (Wildman–Crippen MR) is 99.0 cm³/mol. The summed E-state index contributed by atoms with van der Waals surface area (Å²) in [6.45, 7) is 0.553. The van der Waals surface area contributed by atoms with Gasteiger partial charge in [-0.1, -0.05) is 54.1 Å². The first-order chi connectivity index (χ1) is 12.1. The first-order valence-electron chi connectivity index (χ1n) is 8.81. The number of aliphatic hydroxyl groups excluding tert-OH is 1. The lowest BCUT2D eigenvalue weighted by Crippen LogP contribution is -2.55. The van der Waals surface area contributed by atoms with Crippen LogP contribution in [-0.2, 0) is 10.2 Å². The number of halogens is 1. The van der Waals surface area contributed by atoms with Crippen LogP contribution in [0.3, 0.4) is 0 Å². The predicted octanol–water partition coefficient (Wildman–Crippen LogP) is 3.45. The molecule has 2 atom stereocenters. The third-order valence-electron chi connectivity index (χ3n) is 5.84. The third kappa shape index (κ3) is 2.80. The van der Waals surface area contributed by atoms with Gasteiger partial charge in [0.25, 0.3) is 0 Å². The molecule has 4 rings (SSSR count). The van der Waals surface area contributed by atoms with E-state index in [1.807, 2.05) is 42.5 Å². The van der Waals surface area contributed by atoms with Crippen LogP contribution in [0.4, 0.5) is 0 Å². The highest BCUT2D eigenvalue weighted by atomic mass is 35.5. The van der Waals surface area contributed by atoms with E-state index in [4.69, 9.17) is 11.6 Å². The van der Waals surface area contributed by atoms with Gasteiger partial charge in [0, 0.05) is 11.6 Å². The van der Waals surface area contributed by atoms with E-state index in [1.165, 1.54) is 5.56 Å². The number of ketones is 1. The normalized spacial score (nSPS) is 27.2. The van der Waals surface area contributed by atoms with Gasteiger partial charge < -0.3 is 10.4 Å². The molecule has 0 unspecified atom stereocenters. The highest BCUT2D eigenvalue weighted by Crippen LogP contribution is 2.52. The lowest BCUT2D eigenvalue weighted by Gasteiger charge is -2.31. The summed E-state index contributed by atoms with van der Waals surface area (Å²) in [6, 6.07) is 17.8. The molecule has 0 spiro atoms. The van der Waals surface area contributed by atoms with Crippen molar-refractivity contribution in [2.45, 2.75) is 36.1 Å². The van der Waals surface area contributed by atoms with Crippen molar-refractivity contribution in [1.82, 2.24) is 5.32 Å². The minimum atomic E-state index is -0.851. The standard InChI is InChI=1S/C21H22ClNO2/c22-18-8-6-17(7-9-18)20(10-11-20)19(25)21(14-24)12-16(13-23-21)15-4-2-1-3-5-15/h1-9,16,23-24H,10-14H2/t16-,21-/m0/s1. The van der Waals surface area contributed by atoms with E-state index in [0.717, 1.165) is 18.4 Å². The van der Waals surface area contributed by atoms with Crippen molar-refractivity contribution >= 4 is 17.4 Å². The number of aliphatic hydroxyl groups is 1. The fourth-order valence-corrected chi connectivity index (χ4v) is 4.33. The maximum Gasteiger partial charge on any atom is 0.165 e. The summed E-state index contributed by atoms with van der Waals surface area (Å²) in [7, 11) is 0. The first kappa shape index (κ1) is 16.8. The fraction of sp³-hybridized carbons (Fsp3) is 0.381. The molecule has 2 N–H and O–H groups in total. The van der Waals surface area contributed by atoms with Crippen LogP contribution in [0.2, 0.25) is 5.02 Å². The molecule has 0 aromatic heterocycles. The average Bonchev–Trinajstić information content (AvgIpc) is 3.34. The number of hydrogen-bond donors (Lipinski definition) is 2. The van der Waals surface area contributed by atoms with E-state index >= 15 is 0 Å². The number of benzene rings is 2. The lowest BCUT2D eigenvalue weighted by molar-refractivity contribution is -0.129. The zero-order chi connectivity index (χ0) is 17.5. The SMILES string of the molecule is O=C(C1(c2ccc(Cl)cc2)CC1)[C@@]1(CO)C[C@H](c2ccccc2)CN1. The van der Waals surface area contributed by atoms with E-state index in [1.54, 1.807) is 0 Å². The van der Waals surface area contributed by atoms with Gasteiger partial charge in [0.2, 0.25) is 0 Å². The van der Waals surface area contributed by atoms with E-state index < -0.39 is 11.0 Å². The number of Topliss-reactive ketones (excluding diaryl/α,β-unsaturated/α-hetero) is 1. The summed E-state index contributed by atoms with van der Waals surface area (Å²) in [5.41, 5.74) is 0.914. The van der Waals surface area contributed by atoms with Crippen LogP contribution in [0.25, 0.3) is 0 Å². The molecule has 1 heterocycles. The monoisotopic (exact) mass is 355 g/mol. The number of rotatable bonds is 5. The summed E-state index contributed by atoms with van der Waals surface area (Å²) in [4.78, 5) is 13.5. The second-order valence-corrected chi connectivity index (χ2v) is 7.79. The molecule has 1 saturated carbocycles. The molecule has 1 aliphatic carbocycles. The Morgan fingerprint density at radius 1 is 1.12 bits per heavy atom. The zero-order valence-electron chi connectivity index (χ0n) is 14.0. The highest BCUT2D eigenvalue weighted by Gasteiger charge is 2.59. The summed E-state index contributed by atoms with van der Waals surface area (Å²) in [6.07, 6.45) is 2.32. The van der Waals surface area contributed by atoms with Gasteiger partial charge in [-0.2, -0.15) is 0 Å². The van der Waals surface area contributed by atoms with Gasteiger partial charge in [0.1, 0.15) is 5.54 Å². The van der Waals surface area contributed by atoms with Gasteiger partial charge in [-0.3, -0.25) is 4.79 Å². The van der Waals surface area contributed by atoms with Crippen LogP contribution in [-0.4, -0.2) is 29.6 Å². The van der Waals surface area contributed by atoms with Crippen LogP contribution in [0.5, 0.6) is 0 Å². The molecule has 25 heavy (non-hydrogen) atoms. The first-order valence-corrected chi connectivity index (χ1v) is 9.19. The molecule has 3 nitrogen and oxygen atoms in total. The number of nitrogens with one attached hydrogen (secondary N) is 1. The Bertz CT molecular complexity index is 770. The maximum absolute atomic E-state index is 13.5. The molecule has 2 aliphatic rings. The fourth-order valence-electron chi connectivity index (χ4n) is 4.21. The Labute approximate surface area is 153 Å². The molecule has 0 radical (unpaired) electrons. The van der Waals surface area contributed by atoms with Crippen LogP contribution in [0.15, 0.2) is 54.6 Å². The molecular formula is C21H22ClNO2. The Kier molecular flexibility index (Phi) is 4.19. The molecule has 2 aromatic carbocycles. The van der Waals surface area contributed by atoms with E-state index in [2.05, 4.69) is 17.4 Å². The van der Waals surface area contributed by atoms with E-state index in [-0.39, 0.29) is 18.3 Å². The number of hydrogen-bond acceptors (Lipinski definition) is 3.